The van der Waals surface area contributed by atoms with Gasteiger partial charge in [-0.25, -0.2) is 17.5 Å². The number of hydrogen-bond acceptors (Lipinski definition) is 6. The van der Waals surface area contributed by atoms with Crippen LogP contribution in [0.2, 0.25) is 5.02 Å². The van der Waals surface area contributed by atoms with Crippen LogP contribution in [0.5, 0.6) is 0 Å². The van der Waals surface area contributed by atoms with E-state index in [4.69, 9.17) is 23.8 Å². The standard InChI is InChI=1S/C33H39ClFN5O4S/c1-4-25-7-6-18-45(43,44)39-26(19-37-25)15-16-27-28(35)8-5-9-29(27)38-33(42)32(36)31(22-10-13-24(34)14-11-22)23-12-17-30(41)40(20-23)21(2)3/h1,5,8-14,17,20-21,25-26,31-32,37,39H,6-7,15-16,18-19,36H2,2-3H3,(H,38,42)/t25?,26?,31-,32-/m0/s1. The predicted molar refractivity (Wildman–Crippen MR) is 176 cm³/mol. The van der Waals surface area contributed by atoms with E-state index in [1.54, 1.807) is 47.2 Å². The van der Waals surface area contributed by atoms with E-state index in [9.17, 15) is 18.0 Å². The molecule has 2 heterocycles. The van der Waals surface area contributed by atoms with Gasteiger partial charge < -0.3 is 20.9 Å². The van der Waals surface area contributed by atoms with Crippen molar-refractivity contribution in [3.8, 4) is 12.3 Å². The summed E-state index contributed by atoms with van der Waals surface area (Å²) in [6.45, 7) is 4.04. The third kappa shape index (κ3) is 9.02. The second-order valence-corrected chi connectivity index (χ2v) is 13.9. The second kappa shape index (κ2) is 15.2. The van der Waals surface area contributed by atoms with E-state index >= 15 is 4.39 Å². The maximum atomic E-state index is 15.2. The van der Waals surface area contributed by atoms with Crippen molar-refractivity contribution in [2.24, 2.45) is 5.73 Å². The molecule has 9 nitrogen and oxygen atoms in total. The first-order valence-electron chi connectivity index (χ1n) is 14.9. The van der Waals surface area contributed by atoms with Gasteiger partial charge >= 0.3 is 0 Å². The molecule has 1 aromatic heterocycles. The first-order chi connectivity index (χ1) is 21.4. The lowest BCUT2D eigenvalue weighted by Gasteiger charge is -2.26. The van der Waals surface area contributed by atoms with Gasteiger partial charge in [-0.3, -0.25) is 9.59 Å². The van der Waals surface area contributed by atoms with Gasteiger partial charge in [-0.05, 0) is 74.9 Å². The average Bonchev–Trinajstić information content (AvgIpc) is 3.06. The highest BCUT2D eigenvalue weighted by Crippen LogP contribution is 2.30. The van der Waals surface area contributed by atoms with Crippen molar-refractivity contribution in [2.75, 3.05) is 17.6 Å². The fourth-order valence-corrected chi connectivity index (χ4v) is 7.02. The fraction of sp³-hybridized carbons (Fsp3) is 0.394. The lowest BCUT2D eigenvalue weighted by Crippen LogP contribution is -2.44. The zero-order chi connectivity index (χ0) is 32.7. The lowest BCUT2D eigenvalue weighted by molar-refractivity contribution is -0.117. The molecule has 2 aromatic carbocycles. The van der Waals surface area contributed by atoms with Crippen LogP contribution in [0.4, 0.5) is 10.1 Å². The number of benzene rings is 2. The van der Waals surface area contributed by atoms with Crippen molar-refractivity contribution in [1.29, 1.82) is 0 Å². The molecular weight excluding hydrogens is 617 g/mol. The molecule has 4 rings (SSSR count). The summed E-state index contributed by atoms with van der Waals surface area (Å²) in [5.41, 5.74) is 8.27. The van der Waals surface area contributed by atoms with Crippen LogP contribution in [0.1, 0.15) is 61.8 Å². The van der Waals surface area contributed by atoms with Crippen LogP contribution in [0.15, 0.2) is 65.6 Å². The van der Waals surface area contributed by atoms with Crippen molar-refractivity contribution < 1.29 is 17.6 Å². The minimum atomic E-state index is -3.55. The second-order valence-electron chi connectivity index (χ2n) is 11.6. The topological polar surface area (TPSA) is 135 Å². The zero-order valence-corrected chi connectivity index (χ0v) is 26.9. The van der Waals surface area contributed by atoms with Crippen molar-refractivity contribution in [3.05, 3.63) is 98.7 Å². The van der Waals surface area contributed by atoms with Gasteiger partial charge in [-0.15, -0.1) is 6.42 Å². The molecule has 0 saturated carbocycles. The van der Waals surface area contributed by atoms with Gasteiger partial charge in [0.15, 0.2) is 0 Å². The van der Waals surface area contributed by atoms with E-state index < -0.39 is 39.7 Å². The number of aromatic nitrogens is 1. The van der Waals surface area contributed by atoms with E-state index in [1.165, 1.54) is 18.2 Å². The van der Waals surface area contributed by atoms with Crippen LogP contribution in [0.25, 0.3) is 0 Å². The molecule has 2 unspecified atom stereocenters. The Balaban J connectivity index is 1.59. The molecule has 3 aromatic rings. The number of nitrogens with zero attached hydrogens (tertiary/aromatic N) is 1. The van der Waals surface area contributed by atoms with Crippen molar-refractivity contribution in [2.45, 2.75) is 69.6 Å². The molecule has 45 heavy (non-hydrogen) atoms. The fourth-order valence-electron chi connectivity index (χ4n) is 5.52. The highest BCUT2D eigenvalue weighted by Gasteiger charge is 2.30. The Labute approximate surface area is 268 Å². The Kier molecular flexibility index (Phi) is 11.6. The minimum Gasteiger partial charge on any atom is -0.324 e. The van der Waals surface area contributed by atoms with Crippen LogP contribution in [-0.2, 0) is 21.2 Å². The Morgan fingerprint density at radius 2 is 1.89 bits per heavy atom. The van der Waals surface area contributed by atoms with Crippen LogP contribution in [0, 0.1) is 18.2 Å². The van der Waals surface area contributed by atoms with Gasteiger partial charge in [0.1, 0.15) is 5.82 Å². The number of terminal acetylenes is 1. The zero-order valence-electron chi connectivity index (χ0n) is 25.3. The van der Waals surface area contributed by atoms with Gasteiger partial charge in [0.2, 0.25) is 15.9 Å². The first-order valence-corrected chi connectivity index (χ1v) is 16.9. The molecule has 12 heteroatoms. The normalized spacial score (nSPS) is 19.8. The number of nitrogens with one attached hydrogen (secondary N) is 3. The van der Waals surface area contributed by atoms with Crippen LogP contribution in [0.3, 0.4) is 0 Å². The quantitative estimate of drug-likeness (QED) is 0.258. The summed E-state index contributed by atoms with van der Waals surface area (Å²) in [4.78, 5) is 26.2. The molecule has 1 saturated heterocycles. The van der Waals surface area contributed by atoms with Gasteiger partial charge in [0.05, 0.1) is 17.8 Å². The van der Waals surface area contributed by atoms with Crippen LogP contribution < -0.4 is 26.6 Å². The monoisotopic (exact) mass is 655 g/mol. The maximum absolute atomic E-state index is 15.2. The molecule has 1 aliphatic heterocycles. The molecule has 1 amide bonds. The van der Waals surface area contributed by atoms with Crippen molar-refractivity contribution in [1.82, 2.24) is 14.6 Å². The molecule has 240 valence electrons. The predicted octanol–water partition coefficient (Wildman–Crippen LogP) is 3.93. The van der Waals surface area contributed by atoms with E-state index in [-0.39, 0.29) is 54.0 Å². The molecular formula is C33H39ClFN5O4S. The Bertz CT molecular complexity index is 1710. The number of carbonyl (C=O) groups is 1. The summed E-state index contributed by atoms with van der Waals surface area (Å²) >= 11 is 6.13. The first kappa shape index (κ1) is 34.3. The Hall–Kier alpha value is -3.53. The molecule has 0 spiro atoms. The number of nitrogens with two attached hydrogens (primary N) is 1. The highest BCUT2D eigenvalue weighted by molar-refractivity contribution is 7.89. The number of halogens is 2. The van der Waals surface area contributed by atoms with Crippen LogP contribution >= 0.6 is 11.6 Å². The molecule has 5 N–H and O–H groups in total. The van der Waals surface area contributed by atoms with E-state index in [2.05, 4.69) is 21.3 Å². The third-order valence-corrected chi connectivity index (χ3v) is 9.72. The summed E-state index contributed by atoms with van der Waals surface area (Å²) in [5, 5.41) is 6.52. The van der Waals surface area contributed by atoms with Crippen molar-refractivity contribution >= 4 is 33.2 Å². The van der Waals surface area contributed by atoms with Gasteiger partial charge in [0.25, 0.3) is 5.56 Å². The SMILES string of the molecule is C#CC1CCCS(=O)(=O)NC(CCc2c(F)cccc2NC(=O)[C@@H](N)[C@@H](c2ccc(Cl)cc2)c2ccc(=O)n(C(C)C)c2)CN1. The average molecular weight is 656 g/mol. The molecule has 1 fully saturated rings. The van der Waals surface area contributed by atoms with E-state index in [0.29, 0.717) is 29.0 Å². The maximum Gasteiger partial charge on any atom is 0.250 e. The number of amides is 1. The Morgan fingerprint density at radius 3 is 2.58 bits per heavy atom. The number of rotatable bonds is 9. The summed E-state index contributed by atoms with van der Waals surface area (Å²) in [5.74, 6) is 0.827. The smallest absolute Gasteiger partial charge is 0.250 e. The van der Waals surface area contributed by atoms with Gasteiger partial charge in [-0.2, -0.15) is 0 Å². The molecule has 0 aliphatic carbocycles. The molecule has 4 atom stereocenters. The van der Waals surface area contributed by atoms with Crippen LogP contribution in [-0.4, -0.2) is 49.3 Å². The summed E-state index contributed by atoms with van der Waals surface area (Å²) < 4.78 is 44.6. The molecule has 0 radical (unpaired) electrons. The molecule has 1 aliphatic rings. The third-order valence-electron chi connectivity index (χ3n) is 7.95. The highest BCUT2D eigenvalue weighted by atomic mass is 35.5. The number of pyridine rings is 1. The minimum absolute atomic E-state index is 0.0498. The van der Waals surface area contributed by atoms with E-state index in [0.717, 1.165) is 0 Å². The number of sulfonamides is 1. The number of carbonyl (C=O) groups excluding carboxylic acids is 1. The number of hydrogen-bond donors (Lipinski definition) is 4. The summed E-state index contributed by atoms with van der Waals surface area (Å²) in [6, 6.07) is 12.3. The Morgan fingerprint density at radius 1 is 1.18 bits per heavy atom. The van der Waals surface area contributed by atoms with Crippen molar-refractivity contribution in [3.63, 3.8) is 0 Å². The van der Waals surface area contributed by atoms with Gasteiger partial charge in [0, 0.05) is 53.1 Å². The molecule has 0 bridgehead atoms. The van der Waals surface area contributed by atoms with Gasteiger partial charge in [-0.1, -0.05) is 41.8 Å². The largest absolute Gasteiger partial charge is 0.324 e. The number of anilines is 1. The summed E-state index contributed by atoms with van der Waals surface area (Å²) in [7, 11) is -3.55. The summed E-state index contributed by atoms with van der Waals surface area (Å²) in [6.07, 6.45) is 8.62. The lowest BCUT2D eigenvalue weighted by atomic mass is 9.85. The van der Waals surface area contributed by atoms with E-state index in [1.807, 2.05) is 13.8 Å².